The number of rotatable bonds is 6. The molecule has 136 valence electrons. The smallest absolute Gasteiger partial charge is 0.253 e. The average molecular weight is 356 g/mol. The molecular weight excluding hydrogens is 335 g/mol. The van der Waals surface area contributed by atoms with E-state index in [1.54, 1.807) is 47.4 Å². The molecule has 5 nitrogen and oxygen atoms in total. The molecule has 0 atom stereocenters. The van der Waals surface area contributed by atoms with E-state index in [-0.39, 0.29) is 24.2 Å². The second-order valence-electron chi connectivity index (χ2n) is 6.14. The Bertz CT molecular complexity index is 777. The maximum atomic E-state index is 13.5. The van der Waals surface area contributed by atoms with Gasteiger partial charge in [0.2, 0.25) is 5.91 Å². The Hall–Kier alpha value is -2.73. The number of aryl methyl sites for hydroxylation is 1. The Kier molecular flexibility index (Phi) is 5.96. The predicted octanol–water partition coefficient (Wildman–Crippen LogP) is 3.15. The van der Waals surface area contributed by atoms with Crippen LogP contribution in [0.1, 0.15) is 18.4 Å². The van der Waals surface area contributed by atoms with Gasteiger partial charge in [-0.2, -0.15) is 0 Å². The fourth-order valence-electron chi connectivity index (χ4n) is 2.88. The number of carbonyl (C=O) groups excluding carboxylic acids is 2. The molecule has 2 aromatic carbocycles. The van der Waals surface area contributed by atoms with E-state index in [1.165, 1.54) is 6.07 Å². The van der Waals surface area contributed by atoms with Crippen LogP contribution >= 0.6 is 0 Å². The first kappa shape index (κ1) is 18.1. The van der Waals surface area contributed by atoms with Gasteiger partial charge in [0.25, 0.3) is 5.91 Å². The predicted molar refractivity (Wildman–Crippen MR) is 97.6 cm³/mol. The first-order valence-corrected chi connectivity index (χ1v) is 8.65. The van der Waals surface area contributed by atoms with Gasteiger partial charge in [-0.15, -0.1) is 0 Å². The summed E-state index contributed by atoms with van der Waals surface area (Å²) in [6.45, 7) is 1.15. The molecule has 2 amide bonds. The van der Waals surface area contributed by atoms with Crippen LogP contribution < -0.4 is 10.2 Å². The van der Waals surface area contributed by atoms with Crippen LogP contribution in [0.15, 0.2) is 48.5 Å². The monoisotopic (exact) mass is 356 g/mol. The van der Waals surface area contributed by atoms with Crippen molar-refractivity contribution in [2.45, 2.75) is 19.3 Å². The number of amides is 2. The van der Waals surface area contributed by atoms with Gasteiger partial charge in [-0.25, -0.2) is 4.39 Å². The number of carbonyl (C=O) groups is 2. The number of benzene rings is 2. The van der Waals surface area contributed by atoms with Crippen LogP contribution in [0.2, 0.25) is 0 Å². The van der Waals surface area contributed by atoms with Crippen molar-refractivity contribution in [3.05, 3.63) is 59.9 Å². The number of halogens is 1. The summed E-state index contributed by atoms with van der Waals surface area (Å²) in [4.78, 5) is 25.5. The van der Waals surface area contributed by atoms with E-state index in [9.17, 15) is 14.0 Å². The van der Waals surface area contributed by atoms with Gasteiger partial charge in [-0.05, 0) is 48.7 Å². The van der Waals surface area contributed by atoms with Gasteiger partial charge in [0, 0.05) is 24.3 Å². The molecule has 26 heavy (non-hydrogen) atoms. The summed E-state index contributed by atoms with van der Waals surface area (Å²) in [5, 5.41) is 2.82. The van der Waals surface area contributed by atoms with Crippen LogP contribution in [0.25, 0.3) is 0 Å². The Labute approximate surface area is 151 Å². The van der Waals surface area contributed by atoms with Crippen molar-refractivity contribution in [3.63, 3.8) is 0 Å². The lowest BCUT2D eigenvalue weighted by Gasteiger charge is -2.26. The highest BCUT2D eigenvalue weighted by Gasteiger charge is 2.19. The number of morpholine rings is 1. The zero-order valence-corrected chi connectivity index (χ0v) is 14.4. The van der Waals surface area contributed by atoms with E-state index in [0.29, 0.717) is 43.7 Å². The van der Waals surface area contributed by atoms with Crippen LogP contribution in [0, 0.1) is 5.82 Å². The van der Waals surface area contributed by atoms with Crippen molar-refractivity contribution in [2.75, 3.05) is 30.0 Å². The molecule has 1 heterocycles. The first-order chi connectivity index (χ1) is 12.6. The number of anilines is 2. The third-order valence-corrected chi connectivity index (χ3v) is 4.26. The van der Waals surface area contributed by atoms with Crippen LogP contribution in [0.5, 0.6) is 0 Å². The molecular formula is C20H21FN2O3. The number of nitrogens with zero attached hydrogens (tertiary/aromatic N) is 1. The average Bonchev–Trinajstić information content (AvgIpc) is 2.64. The standard InChI is InChI=1S/C20H21FN2O3/c21-18-6-2-1-4-15(18)5-3-7-19(24)22-16-8-10-17(11-9-16)23-12-13-26-14-20(23)25/h1-2,4,6,8-11H,3,5,7,12-14H2,(H,22,24). The van der Waals surface area contributed by atoms with Crippen molar-refractivity contribution >= 4 is 23.2 Å². The van der Waals surface area contributed by atoms with Gasteiger partial charge in [-0.1, -0.05) is 18.2 Å². The van der Waals surface area contributed by atoms with Gasteiger partial charge in [-0.3, -0.25) is 9.59 Å². The molecule has 1 saturated heterocycles. The molecule has 2 aromatic rings. The minimum Gasteiger partial charge on any atom is -0.370 e. The minimum atomic E-state index is -0.235. The maximum Gasteiger partial charge on any atom is 0.253 e. The van der Waals surface area contributed by atoms with E-state index in [1.807, 2.05) is 0 Å². The van der Waals surface area contributed by atoms with E-state index < -0.39 is 0 Å². The SMILES string of the molecule is O=C(CCCc1ccccc1F)Nc1ccc(N2CCOCC2=O)cc1. The lowest BCUT2D eigenvalue weighted by Crippen LogP contribution is -2.41. The number of hydrogen-bond acceptors (Lipinski definition) is 3. The van der Waals surface area contributed by atoms with E-state index in [4.69, 9.17) is 4.74 Å². The Balaban J connectivity index is 1.48. The highest BCUT2D eigenvalue weighted by atomic mass is 19.1. The fourth-order valence-corrected chi connectivity index (χ4v) is 2.88. The van der Waals surface area contributed by atoms with Crippen LogP contribution in [0.3, 0.4) is 0 Å². The molecule has 1 fully saturated rings. The topological polar surface area (TPSA) is 58.6 Å². The summed E-state index contributed by atoms with van der Waals surface area (Å²) in [5.41, 5.74) is 2.08. The normalized spacial score (nSPS) is 14.3. The van der Waals surface area contributed by atoms with E-state index >= 15 is 0 Å². The first-order valence-electron chi connectivity index (χ1n) is 8.65. The summed E-state index contributed by atoms with van der Waals surface area (Å²) >= 11 is 0. The van der Waals surface area contributed by atoms with Crippen molar-refractivity contribution in [2.24, 2.45) is 0 Å². The number of hydrogen-bond donors (Lipinski definition) is 1. The summed E-state index contributed by atoms with van der Waals surface area (Å²) in [5.74, 6) is -0.418. The van der Waals surface area contributed by atoms with Crippen molar-refractivity contribution in [3.8, 4) is 0 Å². The van der Waals surface area contributed by atoms with Gasteiger partial charge >= 0.3 is 0 Å². The molecule has 0 aliphatic carbocycles. The van der Waals surface area contributed by atoms with Crippen LogP contribution in [-0.4, -0.2) is 31.6 Å². The molecule has 1 N–H and O–H groups in total. The summed E-state index contributed by atoms with van der Waals surface area (Å²) < 4.78 is 18.7. The van der Waals surface area contributed by atoms with Crippen LogP contribution in [-0.2, 0) is 20.7 Å². The number of nitrogens with one attached hydrogen (secondary N) is 1. The van der Waals surface area contributed by atoms with Crippen molar-refractivity contribution < 1.29 is 18.7 Å². The quantitative estimate of drug-likeness (QED) is 0.865. The largest absolute Gasteiger partial charge is 0.370 e. The minimum absolute atomic E-state index is 0.0684. The molecule has 0 aromatic heterocycles. The highest BCUT2D eigenvalue weighted by Crippen LogP contribution is 2.20. The van der Waals surface area contributed by atoms with Gasteiger partial charge in [0.1, 0.15) is 12.4 Å². The van der Waals surface area contributed by atoms with Crippen molar-refractivity contribution in [1.82, 2.24) is 0 Å². The zero-order chi connectivity index (χ0) is 18.4. The van der Waals surface area contributed by atoms with Crippen molar-refractivity contribution in [1.29, 1.82) is 0 Å². The van der Waals surface area contributed by atoms with E-state index in [2.05, 4.69) is 5.32 Å². The maximum absolute atomic E-state index is 13.5. The lowest BCUT2D eigenvalue weighted by molar-refractivity contribution is -0.125. The molecule has 0 bridgehead atoms. The summed E-state index contributed by atoms with van der Waals surface area (Å²) in [6, 6.07) is 13.8. The molecule has 6 heteroatoms. The zero-order valence-electron chi connectivity index (χ0n) is 14.4. The molecule has 0 radical (unpaired) electrons. The van der Waals surface area contributed by atoms with Gasteiger partial charge in [0.05, 0.1) is 6.61 Å². The molecule has 0 saturated carbocycles. The lowest BCUT2D eigenvalue weighted by atomic mass is 10.1. The Morgan fingerprint density at radius 2 is 1.92 bits per heavy atom. The Morgan fingerprint density at radius 1 is 1.15 bits per heavy atom. The number of ether oxygens (including phenoxy) is 1. The molecule has 0 spiro atoms. The third kappa shape index (κ3) is 4.67. The molecule has 1 aliphatic rings. The Morgan fingerprint density at radius 3 is 2.65 bits per heavy atom. The highest BCUT2D eigenvalue weighted by molar-refractivity contribution is 5.95. The fraction of sp³-hybridized carbons (Fsp3) is 0.300. The summed E-state index contributed by atoms with van der Waals surface area (Å²) in [7, 11) is 0. The van der Waals surface area contributed by atoms with Gasteiger partial charge in [0.15, 0.2) is 0 Å². The third-order valence-electron chi connectivity index (χ3n) is 4.26. The molecule has 0 unspecified atom stereocenters. The molecule has 1 aliphatic heterocycles. The second kappa shape index (κ2) is 8.58. The van der Waals surface area contributed by atoms with Gasteiger partial charge < -0.3 is 15.0 Å². The van der Waals surface area contributed by atoms with Crippen LogP contribution in [0.4, 0.5) is 15.8 Å². The summed E-state index contributed by atoms with van der Waals surface area (Å²) in [6.07, 6.45) is 1.42. The van der Waals surface area contributed by atoms with E-state index in [0.717, 1.165) is 5.69 Å². The second-order valence-corrected chi connectivity index (χ2v) is 6.14. The molecule has 3 rings (SSSR count).